The molecular weight excluding hydrogens is 198 g/mol. The molecule has 0 aromatic heterocycles. The lowest BCUT2D eigenvalue weighted by atomic mass is 9.97. The molecule has 2 nitrogen and oxygen atoms in total. The van der Waals surface area contributed by atoms with Crippen molar-refractivity contribution in [3.63, 3.8) is 0 Å². The van der Waals surface area contributed by atoms with E-state index in [2.05, 4.69) is 20.8 Å². The highest BCUT2D eigenvalue weighted by Gasteiger charge is 2.12. The molecule has 2 heteroatoms. The van der Waals surface area contributed by atoms with E-state index in [1.807, 2.05) is 0 Å². The molecule has 0 aliphatic heterocycles. The average Bonchev–Trinajstić information content (AvgIpc) is 2.23. The van der Waals surface area contributed by atoms with Crippen molar-refractivity contribution >= 4 is 5.78 Å². The van der Waals surface area contributed by atoms with Crippen LogP contribution in [0, 0.1) is 5.92 Å². The van der Waals surface area contributed by atoms with Crippen LogP contribution in [0.5, 0.6) is 0 Å². The summed E-state index contributed by atoms with van der Waals surface area (Å²) in [5.74, 6) is 0.755. The molecule has 0 amide bonds. The monoisotopic (exact) mass is 227 g/mol. The lowest BCUT2D eigenvalue weighted by Crippen LogP contribution is -2.29. The second kappa shape index (κ2) is 9.83. The summed E-state index contributed by atoms with van der Waals surface area (Å²) in [6.07, 6.45) is 8.73. The molecule has 0 bridgehead atoms. The molecule has 1 unspecified atom stereocenters. The largest absolute Gasteiger partial charge is 0.327 e. The number of ketones is 1. The molecule has 0 fully saturated rings. The van der Waals surface area contributed by atoms with Gasteiger partial charge >= 0.3 is 0 Å². The lowest BCUT2D eigenvalue weighted by molar-refractivity contribution is -0.119. The minimum Gasteiger partial charge on any atom is -0.327 e. The molecule has 0 spiro atoms. The van der Waals surface area contributed by atoms with Crippen LogP contribution in [0.15, 0.2) is 0 Å². The van der Waals surface area contributed by atoms with Gasteiger partial charge in [-0.25, -0.2) is 0 Å². The molecular formula is C14H29NO. The Kier molecular flexibility index (Phi) is 9.60. The first-order valence-corrected chi connectivity index (χ1v) is 6.85. The zero-order chi connectivity index (χ0) is 12.4. The van der Waals surface area contributed by atoms with Crippen LogP contribution in [0.2, 0.25) is 0 Å². The van der Waals surface area contributed by atoms with Crippen LogP contribution in [0.3, 0.4) is 0 Å². The second-order valence-corrected chi connectivity index (χ2v) is 5.17. The van der Waals surface area contributed by atoms with Gasteiger partial charge in [0.25, 0.3) is 0 Å². The van der Waals surface area contributed by atoms with Gasteiger partial charge in [-0.3, -0.25) is 4.79 Å². The Morgan fingerprint density at radius 3 is 2.19 bits per heavy atom. The van der Waals surface area contributed by atoms with Crippen LogP contribution < -0.4 is 5.73 Å². The van der Waals surface area contributed by atoms with E-state index >= 15 is 0 Å². The SMILES string of the molecule is CCCCCCCCC(=O)CC(N)C(C)C. The average molecular weight is 227 g/mol. The van der Waals surface area contributed by atoms with Crippen LogP contribution >= 0.6 is 0 Å². The van der Waals surface area contributed by atoms with Crippen molar-refractivity contribution in [2.45, 2.75) is 78.2 Å². The molecule has 16 heavy (non-hydrogen) atoms. The van der Waals surface area contributed by atoms with E-state index in [1.165, 1.54) is 32.1 Å². The molecule has 0 rings (SSSR count). The highest BCUT2D eigenvalue weighted by atomic mass is 16.1. The number of unbranched alkanes of at least 4 members (excludes halogenated alkanes) is 5. The summed E-state index contributed by atoms with van der Waals surface area (Å²) in [7, 11) is 0. The molecule has 0 radical (unpaired) electrons. The number of carbonyl (C=O) groups excluding carboxylic acids is 1. The fourth-order valence-electron chi connectivity index (χ4n) is 1.70. The molecule has 1 atom stereocenters. The van der Waals surface area contributed by atoms with E-state index in [0.717, 1.165) is 12.8 Å². The van der Waals surface area contributed by atoms with E-state index in [-0.39, 0.29) is 6.04 Å². The Balaban J connectivity index is 3.37. The predicted molar refractivity (Wildman–Crippen MR) is 70.4 cm³/mol. The van der Waals surface area contributed by atoms with Crippen molar-refractivity contribution in [1.82, 2.24) is 0 Å². The first-order chi connectivity index (χ1) is 7.57. The van der Waals surface area contributed by atoms with Gasteiger partial charge in [-0.2, -0.15) is 0 Å². The topological polar surface area (TPSA) is 43.1 Å². The van der Waals surface area contributed by atoms with Gasteiger partial charge in [-0.05, 0) is 12.3 Å². The molecule has 0 aliphatic carbocycles. The molecule has 0 aromatic rings. The second-order valence-electron chi connectivity index (χ2n) is 5.17. The molecule has 0 aliphatic rings. The number of nitrogens with two attached hydrogens (primary N) is 1. The fraction of sp³-hybridized carbons (Fsp3) is 0.929. The fourth-order valence-corrected chi connectivity index (χ4v) is 1.70. The third-order valence-electron chi connectivity index (χ3n) is 3.13. The van der Waals surface area contributed by atoms with Gasteiger partial charge in [-0.1, -0.05) is 52.9 Å². The van der Waals surface area contributed by atoms with Crippen LogP contribution in [0.4, 0.5) is 0 Å². The summed E-state index contributed by atoms with van der Waals surface area (Å²) in [5.41, 5.74) is 5.87. The molecule has 0 saturated heterocycles. The Morgan fingerprint density at radius 2 is 1.62 bits per heavy atom. The van der Waals surface area contributed by atoms with Gasteiger partial charge < -0.3 is 5.73 Å². The Labute approximate surface area is 101 Å². The number of hydrogen-bond donors (Lipinski definition) is 1. The van der Waals surface area contributed by atoms with Crippen LogP contribution in [-0.4, -0.2) is 11.8 Å². The van der Waals surface area contributed by atoms with E-state index in [9.17, 15) is 4.79 Å². The predicted octanol–water partition coefficient (Wildman–Crippen LogP) is 3.68. The lowest BCUT2D eigenvalue weighted by Gasteiger charge is -2.14. The van der Waals surface area contributed by atoms with Gasteiger partial charge in [-0.15, -0.1) is 0 Å². The van der Waals surface area contributed by atoms with Crippen molar-refractivity contribution in [2.75, 3.05) is 0 Å². The van der Waals surface area contributed by atoms with Crippen molar-refractivity contribution in [1.29, 1.82) is 0 Å². The van der Waals surface area contributed by atoms with Crippen LogP contribution in [0.1, 0.15) is 72.1 Å². The summed E-state index contributed by atoms with van der Waals surface area (Å²) < 4.78 is 0. The first kappa shape index (κ1) is 15.6. The van der Waals surface area contributed by atoms with Crippen molar-refractivity contribution < 1.29 is 4.79 Å². The zero-order valence-corrected chi connectivity index (χ0v) is 11.3. The molecule has 96 valence electrons. The number of rotatable bonds is 10. The van der Waals surface area contributed by atoms with Gasteiger partial charge in [0.05, 0.1) is 0 Å². The summed E-state index contributed by atoms with van der Waals surface area (Å²) in [6.45, 7) is 6.36. The molecule has 0 aromatic carbocycles. The first-order valence-electron chi connectivity index (χ1n) is 6.85. The highest BCUT2D eigenvalue weighted by Crippen LogP contribution is 2.10. The number of carbonyl (C=O) groups is 1. The Bertz CT molecular complexity index is 178. The zero-order valence-electron chi connectivity index (χ0n) is 11.3. The molecule has 2 N–H and O–H groups in total. The molecule has 0 heterocycles. The van der Waals surface area contributed by atoms with E-state index in [4.69, 9.17) is 5.73 Å². The summed E-state index contributed by atoms with van der Waals surface area (Å²) in [6, 6.07) is 0.0487. The highest BCUT2D eigenvalue weighted by molar-refractivity contribution is 5.78. The Morgan fingerprint density at radius 1 is 1.06 bits per heavy atom. The van der Waals surface area contributed by atoms with Crippen molar-refractivity contribution in [3.05, 3.63) is 0 Å². The smallest absolute Gasteiger partial charge is 0.134 e. The maximum absolute atomic E-state index is 11.6. The Hall–Kier alpha value is -0.370. The third kappa shape index (κ3) is 8.90. The van der Waals surface area contributed by atoms with Gasteiger partial charge in [0.2, 0.25) is 0 Å². The normalized spacial score (nSPS) is 13.1. The van der Waals surface area contributed by atoms with E-state index in [1.54, 1.807) is 0 Å². The van der Waals surface area contributed by atoms with Gasteiger partial charge in [0.15, 0.2) is 0 Å². The quantitative estimate of drug-likeness (QED) is 0.578. The van der Waals surface area contributed by atoms with E-state index in [0.29, 0.717) is 18.1 Å². The van der Waals surface area contributed by atoms with Crippen molar-refractivity contribution in [2.24, 2.45) is 11.7 Å². The molecule has 0 saturated carbocycles. The minimum absolute atomic E-state index is 0.0487. The standard InChI is InChI=1S/C14H29NO/c1-4-5-6-7-8-9-10-13(16)11-14(15)12(2)3/h12,14H,4-11,15H2,1-3H3. The van der Waals surface area contributed by atoms with E-state index < -0.39 is 0 Å². The minimum atomic E-state index is 0.0487. The van der Waals surface area contributed by atoms with Gasteiger partial charge in [0.1, 0.15) is 5.78 Å². The summed E-state index contributed by atoms with van der Waals surface area (Å²) >= 11 is 0. The third-order valence-corrected chi connectivity index (χ3v) is 3.13. The maximum atomic E-state index is 11.6. The van der Waals surface area contributed by atoms with Crippen LogP contribution in [0.25, 0.3) is 0 Å². The summed E-state index contributed by atoms with van der Waals surface area (Å²) in [4.78, 5) is 11.6. The van der Waals surface area contributed by atoms with Crippen LogP contribution in [-0.2, 0) is 4.79 Å². The van der Waals surface area contributed by atoms with Crippen molar-refractivity contribution in [3.8, 4) is 0 Å². The maximum Gasteiger partial charge on any atom is 0.134 e. The van der Waals surface area contributed by atoms with Gasteiger partial charge in [0, 0.05) is 18.9 Å². The number of Topliss-reactive ketones (excluding diaryl/α,β-unsaturated/α-hetero) is 1. The number of hydrogen-bond acceptors (Lipinski definition) is 2. The summed E-state index contributed by atoms with van der Waals surface area (Å²) in [5, 5.41) is 0.